The van der Waals surface area contributed by atoms with Crippen molar-refractivity contribution in [3.8, 4) is 0 Å². The van der Waals surface area contributed by atoms with Gasteiger partial charge in [-0.2, -0.15) is 0 Å². The quantitative estimate of drug-likeness (QED) is 0.812. The Kier molecular flexibility index (Phi) is 4.50. The van der Waals surface area contributed by atoms with Crippen LogP contribution in [-0.4, -0.2) is 15.7 Å². The normalized spacial score (nSPS) is 15.6. The molecule has 1 rings (SSSR count). The van der Waals surface area contributed by atoms with Crippen molar-refractivity contribution >= 4 is 11.3 Å². The van der Waals surface area contributed by atoms with Crippen LogP contribution in [0.1, 0.15) is 51.2 Å². The van der Waals surface area contributed by atoms with Crippen LogP contribution in [0.15, 0.2) is 18.0 Å². The first-order chi connectivity index (χ1) is 7.74. The molecule has 2 nitrogen and oxygen atoms in total. The molecule has 1 atom stereocenters. The van der Waals surface area contributed by atoms with Crippen LogP contribution < -0.4 is 0 Å². The second-order valence-corrected chi connectivity index (χ2v) is 6.82. The van der Waals surface area contributed by atoms with Crippen LogP contribution in [-0.2, 0) is 11.8 Å². The number of rotatable bonds is 5. The second-order valence-electron chi connectivity index (χ2n) is 5.88. The number of hydrogen-bond donors (Lipinski definition) is 1. The summed E-state index contributed by atoms with van der Waals surface area (Å²) < 4.78 is 0. The molecule has 0 aromatic carbocycles. The molecule has 0 aliphatic carbocycles. The van der Waals surface area contributed by atoms with E-state index in [1.54, 1.807) is 11.3 Å². The van der Waals surface area contributed by atoms with Crippen molar-refractivity contribution in [1.29, 1.82) is 0 Å². The van der Waals surface area contributed by atoms with Gasteiger partial charge in [-0.05, 0) is 19.8 Å². The van der Waals surface area contributed by atoms with E-state index in [0.717, 1.165) is 23.5 Å². The highest BCUT2D eigenvalue weighted by Crippen LogP contribution is 2.27. The third-order valence-corrected chi connectivity index (χ3v) is 3.59. The summed E-state index contributed by atoms with van der Waals surface area (Å²) >= 11 is 1.64. The van der Waals surface area contributed by atoms with Crippen molar-refractivity contribution in [3.63, 3.8) is 0 Å². The van der Waals surface area contributed by atoms with Crippen LogP contribution in [0, 0.1) is 0 Å². The van der Waals surface area contributed by atoms with Gasteiger partial charge >= 0.3 is 0 Å². The molecule has 1 aromatic rings. The minimum atomic E-state index is -0.679. The van der Waals surface area contributed by atoms with Crippen molar-refractivity contribution in [2.45, 2.75) is 58.0 Å². The smallest absolute Gasteiger partial charge is 0.0957 e. The number of allylic oxidation sites excluding steroid dienone is 1. The summed E-state index contributed by atoms with van der Waals surface area (Å²) in [5.41, 5.74) is 0.514. The minimum absolute atomic E-state index is 0.0850. The molecule has 17 heavy (non-hydrogen) atoms. The molecule has 3 heteroatoms. The zero-order valence-corrected chi connectivity index (χ0v) is 12.1. The number of nitrogens with zero attached hydrogens (tertiary/aromatic N) is 1. The maximum atomic E-state index is 10.2. The first-order valence-electron chi connectivity index (χ1n) is 6.03. The third-order valence-electron chi connectivity index (χ3n) is 2.74. The van der Waals surface area contributed by atoms with Gasteiger partial charge in [0.05, 0.1) is 16.3 Å². The van der Waals surface area contributed by atoms with Gasteiger partial charge in [-0.25, -0.2) is 4.98 Å². The Morgan fingerprint density at radius 2 is 2.06 bits per heavy atom. The lowest BCUT2D eigenvalue weighted by Gasteiger charge is -2.21. The van der Waals surface area contributed by atoms with Gasteiger partial charge in [0, 0.05) is 17.2 Å². The fourth-order valence-corrected chi connectivity index (χ4v) is 2.76. The first kappa shape index (κ1) is 14.4. The van der Waals surface area contributed by atoms with Gasteiger partial charge in [-0.1, -0.05) is 26.8 Å². The van der Waals surface area contributed by atoms with E-state index in [4.69, 9.17) is 0 Å². The summed E-state index contributed by atoms with van der Waals surface area (Å²) in [5, 5.41) is 13.3. The Balaban J connectivity index is 2.69. The average molecular weight is 253 g/mol. The molecule has 1 heterocycles. The molecule has 96 valence electrons. The van der Waals surface area contributed by atoms with Crippen LogP contribution in [0.4, 0.5) is 0 Å². The summed E-state index contributed by atoms with van der Waals surface area (Å²) in [6.45, 7) is 12.0. The molecule has 1 aromatic heterocycles. The maximum Gasteiger partial charge on any atom is 0.0957 e. The molecule has 0 saturated heterocycles. The van der Waals surface area contributed by atoms with E-state index in [9.17, 15) is 5.11 Å². The van der Waals surface area contributed by atoms with Crippen molar-refractivity contribution < 1.29 is 5.11 Å². The molecule has 0 spiro atoms. The van der Waals surface area contributed by atoms with E-state index in [-0.39, 0.29) is 5.41 Å². The Hall–Kier alpha value is -0.670. The highest BCUT2D eigenvalue weighted by atomic mass is 32.1. The van der Waals surface area contributed by atoms with Gasteiger partial charge in [0.2, 0.25) is 0 Å². The van der Waals surface area contributed by atoms with E-state index in [2.05, 4.69) is 37.7 Å². The lowest BCUT2D eigenvalue weighted by molar-refractivity contribution is 0.0522. The van der Waals surface area contributed by atoms with Gasteiger partial charge < -0.3 is 5.11 Å². The molecule has 0 saturated carbocycles. The predicted octanol–water partition coefficient (Wildman–Crippen LogP) is 3.70. The van der Waals surface area contributed by atoms with Crippen molar-refractivity contribution in [2.75, 3.05) is 0 Å². The van der Waals surface area contributed by atoms with Crippen LogP contribution in [0.25, 0.3) is 0 Å². The summed E-state index contributed by atoms with van der Waals surface area (Å²) in [6, 6.07) is 0. The Morgan fingerprint density at radius 3 is 2.53 bits per heavy atom. The van der Waals surface area contributed by atoms with Crippen molar-refractivity contribution in [1.82, 2.24) is 4.98 Å². The van der Waals surface area contributed by atoms with E-state index >= 15 is 0 Å². The molecule has 0 bridgehead atoms. The summed E-state index contributed by atoms with van der Waals surface area (Å²) in [6.07, 6.45) is 4.05. The monoisotopic (exact) mass is 253 g/mol. The zero-order valence-electron chi connectivity index (χ0n) is 11.3. The van der Waals surface area contributed by atoms with Crippen LogP contribution >= 0.6 is 11.3 Å². The first-order valence-corrected chi connectivity index (χ1v) is 6.91. The van der Waals surface area contributed by atoms with E-state index < -0.39 is 5.60 Å². The van der Waals surface area contributed by atoms with Gasteiger partial charge in [0.15, 0.2) is 0 Å². The minimum Gasteiger partial charge on any atom is -0.390 e. The predicted molar refractivity (Wildman–Crippen MR) is 74.6 cm³/mol. The van der Waals surface area contributed by atoms with Gasteiger partial charge in [0.25, 0.3) is 0 Å². The average Bonchev–Trinajstić information content (AvgIpc) is 2.62. The summed E-state index contributed by atoms with van der Waals surface area (Å²) in [4.78, 5) is 4.61. The van der Waals surface area contributed by atoms with Gasteiger partial charge in [-0.3, -0.25) is 0 Å². The fourth-order valence-electron chi connectivity index (χ4n) is 1.56. The molecular formula is C14H23NOS. The lowest BCUT2D eigenvalue weighted by atomic mass is 9.93. The molecule has 0 radical (unpaired) electrons. The van der Waals surface area contributed by atoms with Gasteiger partial charge in [-0.15, -0.1) is 17.9 Å². The highest BCUT2D eigenvalue weighted by Gasteiger charge is 2.23. The van der Waals surface area contributed by atoms with Crippen LogP contribution in [0.2, 0.25) is 0 Å². The Bertz CT molecular complexity index is 374. The zero-order chi connectivity index (χ0) is 13.1. The third kappa shape index (κ3) is 4.60. The van der Waals surface area contributed by atoms with Crippen LogP contribution in [0.5, 0.6) is 0 Å². The summed E-state index contributed by atoms with van der Waals surface area (Å²) in [5.74, 6) is 0. The fraction of sp³-hybridized carbons (Fsp3) is 0.643. The summed E-state index contributed by atoms with van der Waals surface area (Å²) in [7, 11) is 0. The maximum absolute atomic E-state index is 10.2. The number of hydrogen-bond acceptors (Lipinski definition) is 3. The highest BCUT2D eigenvalue weighted by molar-refractivity contribution is 7.09. The van der Waals surface area contributed by atoms with Crippen LogP contribution in [0.3, 0.4) is 0 Å². The van der Waals surface area contributed by atoms with E-state index in [0.29, 0.717) is 6.42 Å². The molecular weight excluding hydrogens is 230 g/mol. The molecule has 1 N–H and O–H groups in total. The Labute approximate surface area is 108 Å². The molecule has 0 fully saturated rings. The number of aromatic nitrogens is 1. The standard InChI is InChI=1S/C14H23NOS/c1-6-7-8-14(5,16)9-12-15-11(10-17-12)13(2,3)4/h6,10,16H,1,7-9H2,2-5H3. The molecule has 0 amide bonds. The molecule has 0 aliphatic heterocycles. The van der Waals surface area contributed by atoms with Gasteiger partial charge in [0.1, 0.15) is 0 Å². The Morgan fingerprint density at radius 1 is 1.41 bits per heavy atom. The van der Waals surface area contributed by atoms with E-state index in [1.807, 2.05) is 13.0 Å². The van der Waals surface area contributed by atoms with Crippen molar-refractivity contribution in [2.24, 2.45) is 0 Å². The second kappa shape index (κ2) is 5.32. The lowest BCUT2D eigenvalue weighted by Crippen LogP contribution is -2.26. The number of thiazole rings is 1. The number of aliphatic hydroxyl groups is 1. The van der Waals surface area contributed by atoms with Crippen molar-refractivity contribution in [3.05, 3.63) is 28.7 Å². The molecule has 1 unspecified atom stereocenters. The van der Waals surface area contributed by atoms with E-state index in [1.165, 1.54) is 0 Å². The largest absolute Gasteiger partial charge is 0.390 e. The molecule has 0 aliphatic rings. The SMILES string of the molecule is C=CCCC(C)(O)Cc1nc(C(C)(C)C)cs1. The topological polar surface area (TPSA) is 33.1 Å².